The molecule has 1 aliphatic rings. The van der Waals surface area contributed by atoms with E-state index in [-0.39, 0.29) is 17.1 Å². The van der Waals surface area contributed by atoms with Crippen LogP contribution in [0.25, 0.3) is 5.76 Å². The van der Waals surface area contributed by atoms with Gasteiger partial charge in [-0.1, -0.05) is 23.7 Å². The number of carbonyl (C=O) groups is 2. The zero-order valence-corrected chi connectivity index (χ0v) is 17.7. The van der Waals surface area contributed by atoms with Gasteiger partial charge in [0.15, 0.2) is 5.13 Å². The third-order valence-corrected chi connectivity index (χ3v) is 6.32. The Morgan fingerprint density at radius 1 is 1.07 bits per heavy atom. The van der Waals surface area contributed by atoms with E-state index in [1.165, 1.54) is 28.4 Å². The molecule has 0 bridgehead atoms. The molecule has 1 saturated heterocycles. The second kappa shape index (κ2) is 7.59. The second-order valence-electron chi connectivity index (χ2n) is 6.91. The first-order valence-corrected chi connectivity index (χ1v) is 10.3. The van der Waals surface area contributed by atoms with E-state index in [0.717, 1.165) is 10.6 Å². The van der Waals surface area contributed by atoms with Crippen LogP contribution in [0.5, 0.6) is 5.75 Å². The van der Waals surface area contributed by atoms with Gasteiger partial charge in [0.2, 0.25) is 0 Å². The molecule has 2 aromatic carbocycles. The SMILES string of the molecule is Cc1nc(N2C(=O)C(=O)/C(=C(/O)c3ccc(Cl)cc3)C2c2ccc(O)cc2)sc1C. The zero-order chi connectivity index (χ0) is 21.6. The van der Waals surface area contributed by atoms with Gasteiger partial charge in [-0.15, -0.1) is 11.3 Å². The van der Waals surface area contributed by atoms with Gasteiger partial charge in [0.25, 0.3) is 5.78 Å². The summed E-state index contributed by atoms with van der Waals surface area (Å²) in [6.45, 7) is 3.71. The minimum atomic E-state index is -0.883. The monoisotopic (exact) mass is 440 g/mol. The van der Waals surface area contributed by atoms with Crippen LogP contribution < -0.4 is 4.90 Å². The van der Waals surface area contributed by atoms with Gasteiger partial charge in [0.1, 0.15) is 11.5 Å². The van der Waals surface area contributed by atoms with Crippen LogP contribution in [0, 0.1) is 13.8 Å². The molecule has 0 spiro atoms. The fraction of sp³-hybridized carbons (Fsp3) is 0.136. The number of hydrogen-bond donors (Lipinski definition) is 2. The van der Waals surface area contributed by atoms with Crippen molar-refractivity contribution in [2.24, 2.45) is 0 Å². The van der Waals surface area contributed by atoms with Crippen molar-refractivity contribution in [3.8, 4) is 5.75 Å². The van der Waals surface area contributed by atoms with E-state index < -0.39 is 17.7 Å². The number of rotatable bonds is 3. The Morgan fingerprint density at radius 3 is 2.27 bits per heavy atom. The Hall–Kier alpha value is -3.16. The smallest absolute Gasteiger partial charge is 0.301 e. The molecule has 1 aliphatic heterocycles. The Labute approximate surface area is 181 Å². The van der Waals surface area contributed by atoms with Gasteiger partial charge in [-0.05, 0) is 55.8 Å². The number of phenols is 1. The molecule has 2 heterocycles. The van der Waals surface area contributed by atoms with Gasteiger partial charge in [-0.25, -0.2) is 4.98 Å². The number of halogens is 1. The van der Waals surface area contributed by atoms with Crippen LogP contribution in [-0.4, -0.2) is 26.9 Å². The normalized spacial score (nSPS) is 18.2. The third kappa shape index (κ3) is 3.36. The van der Waals surface area contributed by atoms with Crippen LogP contribution in [0.1, 0.15) is 27.7 Å². The summed E-state index contributed by atoms with van der Waals surface area (Å²) in [4.78, 5) is 32.7. The molecule has 1 fully saturated rings. The summed E-state index contributed by atoms with van der Waals surface area (Å²) in [5.41, 5.74) is 1.65. The van der Waals surface area contributed by atoms with E-state index in [2.05, 4.69) is 4.98 Å². The van der Waals surface area contributed by atoms with Crippen molar-refractivity contribution in [2.75, 3.05) is 4.90 Å². The van der Waals surface area contributed by atoms with E-state index in [0.29, 0.717) is 21.3 Å². The second-order valence-corrected chi connectivity index (χ2v) is 8.52. The quantitative estimate of drug-likeness (QED) is 0.348. The number of aromatic hydroxyl groups is 1. The lowest BCUT2D eigenvalue weighted by atomic mass is 9.95. The number of benzene rings is 2. The first kappa shape index (κ1) is 20.1. The average molecular weight is 441 g/mol. The van der Waals surface area contributed by atoms with Crippen LogP contribution in [0.3, 0.4) is 0 Å². The fourth-order valence-electron chi connectivity index (χ4n) is 3.32. The lowest BCUT2D eigenvalue weighted by Crippen LogP contribution is -2.29. The standard InChI is InChI=1S/C22H17ClN2O4S/c1-11-12(2)30-22(24-11)25-18(13-5-9-16(26)10-6-13)17(20(28)21(25)29)19(27)14-3-7-15(23)8-4-14/h3-10,18,26-27H,1-2H3/b19-17+. The highest BCUT2D eigenvalue weighted by molar-refractivity contribution is 7.16. The molecule has 8 heteroatoms. The molecule has 30 heavy (non-hydrogen) atoms. The van der Waals surface area contributed by atoms with E-state index in [1.807, 2.05) is 13.8 Å². The molecule has 152 valence electrons. The highest BCUT2D eigenvalue weighted by Gasteiger charge is 2.48. The summed E-state index contributed by atoms with van der Waals surface area (Å²) < 4.78 is 0. The number of phenolic OH excluding ortho intramolecular Hbond substituents is 1. The predicted molar refractivity (Wildman–Crippen MR) is 116 cm³/mol. The number of nitrogens with zero attached hydrogens (tertiary/aromatic N) is 2. The largest absolute Gasteiger partial charge is 0.508 e. The van der Waals surface area contributed by atoms with Crippen molar-refractivity contribution in [3.05, 3.63) is 80.8 Å². The van der Waals surface area contributed by atoms with E-state index in [4.69, 9.17) is 11.6 Å². The molecular weight excluding hydrogens is 424 g/mol. The number of ketones is 1. The van der Waals surface area contributed by atoms with Gasteiger partial charge >= 0.3 is 5.91 Å². The molecule has 1 atom stereocenters. The van der Waals surface area contributed by atoms with Gasteiger partial charge in [-0.3, -0.25) is 14.5 Å². The zero-order valence-electron chi connectivity index (χ0n) is 16.1. The van der Waals surface area contributed by atoms with Crippen molar-refractivity contribution in [3.63, 3.8) is 0 Å². The molecule has 1 aromatic heterocycles. The fourth-order valence-corrected chi connectivity index (χ4v) is 4.39. The Kier molecular flexibility index (Phi) is 5.09. The molecular formula is C22H17ClN2O4S. The number of carbonyl (C=O) groups excluding carboxylic acids is 2. The highest BCUT2D eigenvalue weighted by atomic mass is 35.5. The van der Waals surface area contributed by atoms with E-state index >= 15 is 0 Å². The highest BCUT2D eigenvalue weighted by Crippen LogP contribution is 2.44. The van der Waals surface area contributed by atoms with E-state index in [9.17, 15) is 19.8 Å². The molecule has 0 radical (unpaired) electrons. The molecule has 0 saturated carbocycles. The van der Waals surface area contributed by atoms with Crippen LogP contribution >= 0.6 is 22.9 Å². The summed E-state index contributed by atoms with van der Waals surface area (Å²) in [5.74, 6) is -1.81. The van der Waals surface area contributed by atoms with Crippen LogP contribution in [-0.2, 0) is 9.59 Å². The van der Waals surface area contributed by atoms with Crippen molar-refractivity contribution >= 4 is 45.5 Å². The van der Waals surface area contributed by atoms with Crippen molar-refractivity contribution in [1.29, 1.82) is 0 Å². The van der Waals surface area contributed by atoms with Crippen molar-refractivity contribution in [1.82, 2.24) is 4.98 Å². The number of Topliss-reactive ketones (excluding diaryl/α,β-unsaturated/α-hetero) is 1. The van der Waals surface area contributed by atoms with E-state index in [1.54, 1.807) is 36.4 Å². The van der Waals surface area contributed by atoms with Crippen LogP contribution in [0.15, 0.2) is 54.1 Å². The Bertz CT molecular complexity index is 1160. The first-order valence-electron chi connectivity index (χ1n) is 9.08. The summed E-state index contributed by atoms with van der Waals surface area (Å²) >= 11 is 7.23. The molecule has 1 unspecified atom stereocenters. The molecule has 6 nitrogen and oxygen atoms in total. The molecule has 2 N–H and O–H groups in total. The Balaban J connectivity index is 1.94. The minimum absolute atomic E-state index is 0.0430. The molecule has 4 rings (SSSR count). The van der Waals surface area contributed by atoms with Gasteiger partial charge in [0, 0.05) is 15.5 Å². The van der Waals surface area contributed by atoms with Gasteiger partial charge in [-0.2, -0.15) is 0 Å². The third-order valence-electron chi connectivity index (χ3n) is 4.99. The summed E-state index contributed by atoms with van der Waals surface area (Å²) in [6, 6.07) is 11.6. The van der Waals surface area contributed by atoms with Gasteiger partial charge < -0.3 is 10.2 Å². The number of anilines is 1. The summed E-state index contributed by atoms with van der Waals surface area (Å²) in [5, 5.41) is 21.5. The van der Waals surface area contributed by atoms with Crippen LogP contribution in [0.2, 0.25) is 5.02 Å². The number of amides is 1. The minimum Gasteiger partial charge on any atom is -0.508 e. The summed E-state index contributed by atoms with van der Waals surface area (Å²) in [6.07, 6.45) is 0. The predicted octanol–water partition coefficient (Wildman–Crippen LogP) is 4.75. The first-order chi connectivity index (χ1) is 14.3. The number of aliphatic hydroxyl groups is 1. The maximum atomic E-state index is 13.0. The summed E-state index contributed by atoms with van der Waals surface area (Å²) in [7, 11) is 0. The molecule has 1 amide bonds. The maximum Gasteiger partial charge on any atom is 0.301 e. The number of aromatic nitrogens is 1. The van der Waals surface area contributed by atoms with Gasteiger partial charge in [0.05, 0.1) is 17.3 Å². The van der Waals surface area contributed by atoms with Crippen LogP contribution in [0.4, 0.5) is 5.13 Å². The van der Waals surface area contributed by atoms with Crippen molar-refractivity contribution in [2.45, 2.75) is 19.9 Å². The lowest BCUT2D eigenvalue weighted by molar-refractivity contribution is -0.132. The topological polar surface area (TPSA) is 90.7 Å². The Morgan fingerprint density at radius 2 is 1.70 bits per heavy atom. The number of aliphatic hydroxyl groups excluding tert-OH is 1. The van der Waals surface area contributed by atoms with Crippen molar-refractivity contribution < 1.29 is 19.8 Å². The average Bonchev–Trinajstić information content (AvgIpc) is 3.18. The number of aryl methyl sites for hydroxylation is 2. The molecule has 0 aliphatic carbocycles. The molecule has 3 aromatic rings. The number of hydrogen-bond acceptors (Lipinski definition) is 6. The lowest BCUT2D eigenvalue weighted by Gasteiger charge is -2.23. The number of thiazole rings is 1. The maximum absolute atomic E-state index is 13.0.